The Morgan fingerprint density at radius 2 is 1.79 bits per heavy atom. The zero-order chi connectivity index (χ0) is 20.3. The van der Waals surface area contributed by atoms with E-state index >= 15 is 0 Å². The van der Waals surface area contributed by atoms with Gasteiger partial charge in [0.2, 0.25) is 0 Å². The molecule has 0 bridgehead atoms. The van der Waals surface area contributed by atoms with Crippen molar-refractivity contribution < 1.29 is 19.1 Å². The van der Waals surface area contributed by atoms with Gasteiger partial charge in [-0.25, -0.2) is 0 Å². The molecular formula is C21H20N2O4S. The van der Waals surface area contributed by atoms with E-state index < -0.39 is 11.8 Å². The summed E-state index contributed by atoms with van der Waals surface area (Å²) >= 11 is 5.23. The Morgan fingerprint density at radius 1 is 1.07 bits per heavy atom. The SMILES string of the molecule is CCc1ccc(N2C(=O)/C(=C/c3cccc(OC)c3OC)C(=O)NC2=S)cc1. The lowest BCUT2D eigenvalue weighted by Crippen LogP contribution is -2.54. The van der Waals surface area contributed by atoms with Gasteiger partial charge in [-0.05, 0) is 48.5 Å². The molecule has 1 aliphatic rings. The minimum atomic E-state index is -0.554. The number of hydrogen-bond donors (Lipinski definition) is 1. The topological polar surface area (TPSA) is 67.9 Å². The van der Waals surface area contributed by atoms with Crippen molar-refractivity contribution in [2.45, 2.75) is 13.3 Å². The first kappa shape index (κ1) is 19.6. The predicted octanol–water partition coefficient (Wildman–Crippen LogP) is 3.10. The maximum Gasteiger partial charge on any atom is 0.270 e. The Bertz CT molecular complexity index is 967. The first-order valence-corrected chi connectivity index (χ1v) is 9.12. The van der Waals surface area contributed by atoms with Crippen molar-refractivity contribution in [2.75, 3.05) is 19.1 Å². The molecule has 0 aromatic heterocycles. The Labute approximate surface area is 168 Å². The number of hydrogen-bond acceptors (Lipinski definition) is 5. The van der Waals surface area contributed by atoms with E-state index in [2.05, 4.69) is 5.32 Å². The van der Waals surface area contributed by atoms with E-state index in [9.17, 15) is 9.59 Å². The summed E-state index contributed by atoms with van der Waals surface area (Å²) in [6.07, 6.45) is 2.37. The molecule has 2 amide bonds. The summed E-state index contributed by atoms with van der Waals surface area (Å²) in [6.45, 7) is 2.05. The van der Waals surface area contributed by atoms with Crippen molar-refractivity contribution in [3.05, 3.63) is 59.2 Å². The summed E-state index contributed by atoms with van der Waals surface area (Å²) in [6, 6.07) is 12.7. The molecule has 0 radical (unpaired) electrons. The van der Waals surface area contributed by atoms with Gasteiger partial charge in [0.05, 0.1) is 19.9 Å². The van der Waals surface area contributed by atoms with Crippen LogP contribution in [0.3, 0.4) is 0 Å². The van der Waals surface area contributed by atoms with Crippen LogP contribution in [0.15, 0.2) is 48.0 Å². The highest BCUT2D eigenvalue weighted by Gasteiger charge is 2.34. The molecule has 0 spiro atoms. The number of carbonyl (C=O) groups excluding carboxylic acids is 2. The largest absolute Gasteiger partial charge is 0.493 e. The highest BCUT2D eigenvalue weighted by Crippen LogP contribution is 2.33. The summed E-state index contributed by atoms with van der Waals surface area (Å²) in [5.41, 5.74) is 2.24. The van der Waals surface area contributed by atoms with Crippen molar-refractivity contribution in [2.24, 2.45) is 0 Å². The zero-order valence-corrected chi connectivity index (χ0v) is 16.6. The van der Waals surface area contributed by atoms with Crippen LogP contribution in [-0.2, 0) is 16.0 Å². The standard InChI is InChI=1S/C21H20N2O4S/c1-4-13-8-10-15(11-9-13)23-20(25)16(19(24)22-21(23)28)12-14-6-5-7-17(26-2)18(14)27-3/h5-12H,4H2,1-3H3,(H,22,24,28)/b16-12+. The van der Waals surface area contributed by atoms with E-state index in [-0.39, 0.29) is 10.7 Å². The average Bonchev–Trinajstić information content (AvgIpc) is 2.71. The van der Waals surface area contributed by atoms with Crippen LogP contribution < -0.4 is 19.7 Å². The number of nitrogens with zero attached hydrogens (tertiary/aromatic N) is 1. The molecule has 0 atom stereocenters. The quantitative estimate of drug-likeness (QED) is 0.478. The molecule has 28 heavy (non-hydrogen) atoms. The minimum absolute atomic E-state index is 0.0419. The van der Waals surface area contributed by atoms with Gasteiger partial charge in [-0.1, -0.05) is 31.2 Å². The third kappa shape index (κ3) is 3.61. The van der Waals surface area contributed by atoms with Gasteiger partial charge in [0, 0.05) is 5.56 Å². The number of para-hydroxylation sites is 1. The van der Waals surface area contributed by atoms with Crippen LogP contribution in [0, 0.1) is 0 Å². The van der Waals surface area contributed by atoms with E-state index in [1.165, 1.54) is 25.2 Å². The predicted molar refractivity (Wildman–Crippen MR) is 112 cm³/mol. The lowest BCUT2D eigenvalue weighted by molar-refractivity contribution is -0.122. The lowest BCUT2D eigenvalue weighted by Gasteiger charge is -2.29. The first-order valence-electron chi connectivity index (χ1n) is 8.71. The molecule has 1 N–H and O–H groups in total. The molecule has 7 heteroatoms. The van der Waals surface area contributed by atoms with Crippen LogP contribution in [0.4, 0.5) is 5.69 Å². The van der Waals surface area contributed by atoms with Gasteiger partial charge in [0.15, 0.2) is 16.6 Å². The van der Waals surface area contributed by atoms with Crippen LogP contribution in [0.5, 0.6) is 11.5 Å². The normalized spacial score (nSPS) is 15.6. The summed E-state index contributed by atoms with van der Waals surface area (Å²) in [5.74, 6) is -0.114. The molecule has 1 heterocycles. The number of nitrogens with one attached hydrogen (secondary N) is 1. The van der Waals surface area contributed by atoms with Crippen molar-refractivity contribution in [3.8, 4) is 11.5 Å². The first-order chi connectivity index (χ1) is 13.5. The maximum absolute atomic E-state index is 13.1. The molecule has 0 unspecified atom stereocenters. The van der Waals surface area contributed by atoms with E-state index in [1.54, 1.807) is 18.2 Å². The summed E-state index contributed by atoms with van der Waals surface area (Å²) in [4.78, 5) is 26.9. The summed E-state index contributed by atoms with van der Waals surface area (Å²) in [7, 11) is 3.02. The summed E-state index contributed by atoms with van der Waals surface area (Å²) < 4.78 is 10.7. The fraction of sp³-hybridized carbons (Fsp3) is 0.190. The Hall–Kier alpha value is -3.19. The van der Waals surface area contributed by atoms with Gasteiger partial charge in [-0.2, -0.15) is 0 Å². The number of aryl methyl sites for hydroxylation is 1. The molecule has 2 aromatic carbocycles. The van der Waals surface area contributed by atoms with E-state index in [4.69, 9.17) is 21.7 Å². The minimum Gasteiger partial charge on any atom is -0.493 e. The lowest BCUT2D eigenvalue weighted by atomic mass is 10.1. The fourth-order valence-corrected chi connectivity index (χ4v) is 3.23. The number of rotatable bonds is 5. The average molecular weight is 396 g/mol. The number of ether oxygens (including phenoxy) is 2. The van der Waals surface area contributed by atoms with Crippen molar-refractivity contribution in [3.63, 3.8) is 0 Å². The van der Waals surface area contributed by atoms with Gasteiger partial charge in [-0.15, -0.1) is 0 Å². The molecule has 1 fully saturated rings. The van der Waals surface area contributed by atoms with Crippen molar-refractivity contribution in [1.29, 1.82) is 0 Å². The molecule has 6 nitrogen and oxygen atoms in total. The molecular weight excluding hydrogens is 376 g/mol. The highest BCUT2D eigenvalue weighted by atomic mass is 32.1. The Morgan fingerprint density at radius 3 is 2.39 bits per heavy atom. The number of thiocarbonyl (C=S) groups is 1. The van der Waals surface area contributed by atoms with Crippen LogP contribution in [0.2, 0.25) is 0 Å². The maximum atomic E-state index is 13.1. The second-order valence-electron chi connectivity index (χ2n) is 6.06. The van der Waals surface area contributed by atoms with Gasteiger partial charge >= 0.3 is 0 Å². The van der Waals surface area contributed by atoms with Gasteiger partial charge in [0.25, 0.3) is 11.8 Å². The molecule has 0 saturated carbocycles. The zero-order valence-electron chi connectivity index (χ0n) is 15.8. The number of benzene rings is 2. The molecule has 3 rings (SSSR count). The Kier molecular flexibility index (Phi) is 5.75. The Balaban J connectivity index is 2.04. The number of anilines is 1. The highest BCUT2D eigenvalue weighted by molar-refractivity contribution is 7.80. The van der Waals surface area contributed by atoms with Crippen molar-refractivity contribution in [1.82, 2.24) is 5.32 Å². The molecule has 144 valence electrons. The second kappa shape index (κ2) is 8.22. The van der Waals surface area contributed by atoms with E-state index in [1.807, 2.05) is 31.2 Å². The monoisotopic (exact) mass is 396 g/mol. The van der Waals surface area contributed by atoms with Crippen LogP contribution in [0.1, 0.15) is 18.1 Å². The number of methoxy groups -OCH3 is 2. The summed E-state index contributed by atoms with van der Waals surface area (Å²) in [5, 5.41) is 2.63. The van der Waals surface area contributed by atoms with E-state index in [0.29, 0.717) is 22.7 Å². The van der Waals surface area contributed by atoms with Crippen molar-refractivity contribution >= 4 is 40.9 Å². The molecule has 0 aliphatic carbocycles. The molecule has 2 aromatic rings. The second-order valence-corrected chi connectivity index (χ2v) is 6.45. The third-order valence-electron chi connectivity index (χ3n) is 4.44. The molecule has 1 saturated heterocycles. The molecule has 1 aliphatic heterocycles. The van der Waals surface area contributed by atoms with Crippen LogP contribution in [-0.4, -0.2) is 31.1 Å². The van der Waals surface area contributed by atoms with Crippen LogP contribution >= 0.6 is 12.2 Å². The smallest absolute Gasteiger partial charge is 0.270 e. The number of amides is 2. The van der Waals surface area contributed by atoms with Crippen LogP contribution in [0.25, 0.3) is 6.08 Å². The van der Waals surface area contributed by atoms with Gasteiger partial charge in [-0.3, -0.25) is 19.8 Å². The third-order valence-corrected chi connectivity index (χ3v) is 4.72. The fourth-order valence-electron chi connectivity index (χ4n) is 2.95. The van der Waals surface area contributed by atoms with E-state index in [0.717, 1.165) is 12.0 Å². The number of carbonyl (C=O) groups is 2. The van der Waals surface area contributed by atoms with Gasteiger partial charge in [0.1, 0.15) is 5.57 Å². The van der Waals surface area contributed by atoms with Gasteiger partial charge < -0.3 is 9.47 Å².